The van der Waals surface area contributed by atoms with Gasteiger partial charge in [0.05, 0.1) is 11.6 Å². The summed E-state index contributed by atoms with van der Waals surface area (Å²) >= 11 is 6.77. The van der Waals surface area contributed by atoms with Crippen LogP contribution in [-0.4, -0.2) is 26.2 Å². The zero-order valence-electron chi connectivity index (χ0n) is 15.1. The van der Waals surface area contributed by atoms with Crippen molar-refractivity contribution in [3.8, 4) is 11.9 Å². The molecule has 144 valence electrons. The summed E-state index contributed by atoms with van der Waals surface area (Å²) in [6.07, 6.45) is 2.00. The fourth-order valence-electron chi connectivity index (χ4n) is 2.24. The van der Waals surface area contributed by atoms with Gasteiger partial charge in [-0.1, -0.05) is 31.9 Å². The lowest BCUT2D eigenvalue weighted by atomic mass is 10.2. The van der Waals surface area contributed by atoms with Gasteiger partial charge in [0.1, 0.15) is 6.07 Å². The number of rotatable bonds is 4. The first-order valence-corrected chi connectivity index (χ1v) is 9.64. The number of nitrogens with two attached hydrogens (primary N) is 1. The first-order chi connectivity index (χ1) is 13.3. The van der Waals surface area contributed by atoms with E-state index in [1.165, 1.54) is 16.4 Å². The molecule has 0 fully saturated rings. The molecule has 1 amide bonds. The maximum absolute atomic E-state index is 10.5. The van der Waals surface area contributed by atoms with Gasteiger partial charge in [0.15, 0.2) is 11.6 Å². The smallest absolute Gasteiger partial charge is 0.240 e. The molecule has 1 aromatic carbocycles. The lowest BCUT2D eigenvalue weighted by molar-refractivity contribution is -0.110. The molecule has 0 aliphatic rings. The number of hydrogen-bond donors (Lipinski definition) is 2. The molecule has 28 heavy (non-hydrogen) atoms. The van der Waals surface area contributed by atoms with Crippen LogP contribution in [-0.2, 0) is 4.79 Å². The van der Waals surface area contributed by atoms with Crippen molar-refractivity contribution in [1.82, 2.24) is 25.1 Å². The molecule has 2 aromatic heterocycles. The second-order valence-corrected chi connectivity index (χ2v) is 7.54. The Bertz CT molecular complexity index is 946. The first kappa shape index (κ1) is 21.5. The van der Waals surface area contributed by atoms with Crippen molar-refractivity contribution in [3.05, 3.63) is 62.4 Å². The quantitative estimate of drug-likeness (QED) is 0.522. The Morgan fingerprint density at radius 1 is 1.29 bits per heavy atom. The summed E-state index contributed by atoms with van der Waals surface area (Å²) in [7, 11) is 0. The SMILES string of the molecule is CC(NC=O)c1nc(N)nn1-c1ccc(C#N)cn1.Cc1cc(Br)cc(Br)c1. The summed E-state index contributed by atoms with van der Waals surface area (Å²) in [6.45, 7) is 3.81. The Morgan fingerprint density at radius 3 is 2.46 bits per heavy atom. The van der Waals surface area contributed by atoms with Gasteiger partial charge in [0, 0.05) is 15.1 Å². The summed E-state index contributed by atoms with van der Waals surface area (Å²) in [5, 5.41) is 15.3. The average Bonchev–Trinajstić information content (AvgIpc) is 3.03. The molecular formula is C18H17Br2N7O. The Morgan fingerprint density at radius 2 is 1.96 bits per heavy atom. The molecule has 10 heteroatoms. The van der Waals surface area contributed by atoms with E-state index in [-0.39, 0.29) is 12.0 Å². The number of halogens is 2. The number of amides is 1. The molecule has 0 bridgehead atoms. The van der Waals surface area contributed by atoms with Crippen LogP contribution in [0.1, 0.15) is 29.9 Å². The van der Waals surface area contributed by atoms with Crippen LogP contribution in [0.2, 0.25) is 0 Å². The molecule has 0 aliphatic carbocycles. The van der Waals surface area contributed by atoms with Crippen LogP contribution in [0.3, 0.4) is 0 Å². The lowest BCUT2D eigenvalue weighted by Crippen LogP contribution is -2.20. The van der Waals surface area contributed by atoms with Crippen molar-refractivity contribution in [3.63, 3.8) is 0 Å². The van der Waals surface area contributed by atoms with Gasteiger partial charge < -0.3 is 11.1 Å². The van der Waals surface area contributed by atoms with E-state index in [4.69, 9.17) is 11.0 Å². The fraction of sp³-hybridized carbons (Fsp3) is 0.167. The number of nitrogen functional groups attached to an aromatic ring is 1. The molecule has 0 saturated carbocycles. The predicted octanol–water partition coefficient (Wildman–Crippen LogP) is 3.44. The minimum absolute atomic E-state index is 0.0840. The molecule has 2 heterocycles. The minimum Gasteiger partial charge on any atom is -0.366 e. The topological polar surface area (TPSA) is 123 Å². The maximum Gasteiger partial charge on any atom is 0.240 e. The summed E-state index contributed by atoms with van der Waals surface area (Å²) < 4.78 is 3.67. The molecule has 1 atom stereocenters. The maximum atomic E-state index is 10.5. The number of aryl methyl sites for hydroxylation is 1. The molecule has 3 aromatic rings. The summed E-state index contributed by atoms with van der Waals surface area (Å²) in [4.78, 5) is 18.6. The Hall–Kier alpha value is -2.77. The highest BCUT2D eigenvalue weighted by Crippen LogP contribution is 2.19. The number of anilines is 1. The van der Waals surface area contributed by atoms with Crippen molar-refractivity contribution < 1.29 is 4.79 Å². The van der Waals surface area contributed by atoms with Gasteiger partial charge in [-0.05, 0) is 49.7 Å². The van der Waals surface area contributed by atoms with E-state index in [1.54, 1.807) is 19.1 Å². The average molecular weight is 507 g/mol. The van der Waals surface area contributed by atoms with Crippen LogP contribution < -0.4 is 11.1 Å². The van der Waals surface area contributed by atoms with Gasteiger partial charge in [0.2, 0.25) is 12.4 Å². The largest absolute Gasteiger partial charge is 0.366 e. The van der Waals surface area contributed by atoms with Crippen LogP contribution >= 0.6 is 31.9 Å². The van der Waals surface area contributed by atoms with E-state index in [1.807, 2.05) is 12.1 Å². The van der Waals surface area contributed by atoms with E-state index < -0.39 is 0 Å². The van der Waals surface area contributed by atoms with Crippen molar-refractivity contribution in [2.45, 2.75) is 19.9 Å². The number of pyridine rings is 1. The third-order valence-corrected chi connectivity index (χ3v) is 4.37. The van der Waals surface area contributed by atoms with Crippen molar-refractivity contribution in [2.75, 3.05) is 5.73 Å². The highest BCUT2D eigenvalue weighted by molar-refractivity contribution is 9.11. The van der Waals surface area contributed by atoms with Gasteiger partial charge >= 0.3 is 0 Å². The van der Waals surface area contributed by atoms with Gasteiger partial charge in [0.25, 0.3) is 0 Å². The normalized spacial score (nSPS) is 11.0. The molecule has 0 spiro atoms. The van der Waals surface area contributed by atoms with Crippen LogP contribution in [0.5, 0.6) is 0 Å². The van der Waals surface area contributed by atoms with Crippen molar-refractivity contribution in [1.29, 1.82) is 5.26 Å². The van der Waals surface area contributed by atoms with Gasteiger partial charge in [-0.25, -0.2) is 4.98 Å². The molecule has 0 saturated heterocycles. The zero-order chi connectivity index (χ0) is 20.7. The Labute approximate surface area is 179 Å². The highest BCUT2D eigenvalue weighted by Gasteiger charge is 2.16. The van der Waals surface area contributed by atoms with Crippen LogP contribution in [0, 0.1) is 18.3 Å². The monoisotopic (exact) mass is 505 g/mol. The molecule has 0 aliphatic heterocycles. The molecule has 0 radical (unpaired) electrons. The number of nitrogens with one attached hydrogen (secondary N) is 1. The molecule has 1 unspecified atom stereocenters. The van der Waals surface area contributed by atoms with Crippen LogP contribution in [0.15, 0.2) is 45.5 Å². The summed E-state index contributed by atoms with van der Waals surface area (Å²) in [5.41, 5.74) is 7.27. The molecule has 3 rings (SSSR count). The van der Waals surface area contributed by atoms with E-state index in [2.05, 4.69) is 71.3 Å². The molecule has 3 N–H and O–H groups in total. The number of benzene rings is 1. The summed E-state index contributed by atoms with van der Waals surface area (Å²) in [6, 6.07) is 11.0. The number of hydrogen-bond acceptors (Lipinski definition) is 6. The second kappa shape index (κ2) is 9.96. The highest BCUT2D eigenvalue weighted by atomic mass is 79.9. The lowest BCUT2D eigenvalue weighted by Gasteiger charge is -2.10. The number of carbonyl (C=O) groups is 1. The third-order valence-electron chi connectivity index (χ3n) is 3.45. The van der Waals surface area contributed by atoms with E-state index >= 15 is 0 Å². The number of nitriles is 1. The van der Waals surface area contributed by atoms with Gasteiger partial charge in [-0.15, -0.1) is 5.10 Å². The third kappa shape index (κ3) is 5.87. The number of carbonyl (C=O) groups excluding carboxylic acids is 1. The molecule has 8 nitrogen and oxygen atoms in total. The zero-order valence-corrected chi connectivity index (χ0v) is 18.3. The fourth-order valence-corrected chi connectivity index (χ4v) is 3.76. The predicted molar refractivity (Wildman–Crippen MR) is 112 cm³/mol. The van der Waals surface area contributed by atoms with E-state index in [0.29, 0.717) is 23.6 Å². The second-order valence-electron chi connectivity index (χ2n) is 5.71. The first-order valence-electron chi connectivity index (χ1n) is 8.05. The number of aromatic nitrogens is 4. The standard InChI is InChI=1S/C11H11N7O.C7H6Br2/c1-7(15-6-19)10-16-11(13)17-18(10)9-3-2-8(4-12)5-14-9;1-5-2-6(8)4-7(9)3-5/h2-3,5-7H,1H3,(H2,13,17)(H,15,19);2-4H,1H3. The van der Waals surface area contributed by atoms with Crippen molar-refractivity contribution in [2.24, 2.45) is 0 Å². The Kier molecular flexibility index (Phi) is 7.66. The number of nitrogens with zero attached hydrogens (tertiary/aromatic N) is 5. The van der Waals surface area contributed by atoms with Crippen LogP contribution in [0.4, 0.5) is 5.95 Å². The Balaban J connectivity index is 0.000000261. The van der Waals surface area contributed by atoms with Gasteiger partial charge in [-0.2, -0.15) is 14.9 Å². The van der Waals surface area contributed by atoms with Gasteiger partial charge in [-0.3, -0.25) is 4.79 Å². The summed E-state index contributed by atoms with van der Waals surface area (Å²) in [5.74, 6) is 1.01. The van der Waals surface area contributed by atoms with Crippen LogP contribution in [0.25, 0.3) is 5.82 Å². The minimum atomic E-state index is -0.361. The molecular weight excluding hydrogens is 490 g/mol. The van der Waals surface area contributed by atoms with E-state index in [0.717, 1.165) is 8.95 Å². The van der Waals surface area contributed by atoms with E-state index in [9.17, 15) is 4.79 Å². The van der Waals surface area contributed by atoms with Crippen molar-refractivity contribution >= 4 is 44.2 Å².